The maximum Gasteiger partial charge on any atom is 0.246 e. The lowest BCUT2D eigenvalue weighted by Gasteiger charge is -2.41. The summed E-state index contributed by atoms with van der Waals surface area (Å²) < 4.78 is 26.7. The summed E-state index contributed by atoms with van der Waals surface area (Å²) in [5, 5.41) is 0. The van der Waals surface area contributed by atoms with E-state index in [4.69, 9.17) is 5.73 Å². The molecule has 0 aliphatic carbocycles. The van der Waals surface area contributed by atoms with Crippen molar-refractivity contribution < 1.29 is 8.42 Å². The Balaban J connectivity index is 2.34. The minimum Gasteiger partial charge on any atom is -0.383 e. The Morgan fingerprint density at radius 3 is 2.42 bits per heavy atom. The largest absolute Gasteiger partial charge is 0.383 e. The number of hydrogen-bond acceptors (Lipinski definition) is 5. The number of nitrogens with two attached hydrogens (primary N) is 1. The van der Waals surface area contributed by atoms with Crippen LogP contribution in [0.2, 0.25) is 0 Å². The molecule has 7 heteroatoms. The number of likely N-dealkylation sites (N-methyl/N-ethyl adjacent to an activating group) is 1. The first-order valence-corrected chi connectivity index (χ1v) is 7.70. The maximum atomic E-state index is 12.6. The summed E-state index contributed by atoms with van der Waals surface area (Å²) in [6, 6.07) is 3.45. The quantitative estimate of drug-likeness (QED) is 0.849. The molecule has 2 atom stereocenters. The van der Waals surface area contributed by atoms with Crippen LogP contribution in [-0.2, 0) is 10.0 Å². The normalized spacial score (nSPS) is 26.5. The number of aromatic nitrogens is 1. The molecule has 1 aliphatic heterocycles. The maximum absolute atomic E-state index is 12.6. The molecule has 0 radical (unpaired) electrons. The molecular formula is C12H20N4O2S. The molecule has 2 unspecified atom stereocenters. The van der Waals surface area contributed by atoms with E-state index in [0.717, 1.165) is 0 Å². The zero-order chi connectivity index (χ0) is 14.2. The zero-order valence-electron chi connectivity index (χ0n) is 11.4. The van der Waals surface area contributed by atoms with Gasteiger partial charge in [-0.2, -0.15) is 4.31 Å². The third-order valence-electron chi connectivity index (χ3n) is 3.74. The minimum atomic E-state index is -3.56. The minimum absolute atomic E-state index is 0.0572. The molecule has 1 aromatic heterocycles. The molecule has 6 nitrogen and oxygen atoms in total. The van der Waals surface area contributed by atoms with Gasteiger partial charge in [0.15, 0.2) is 0 Å². The molecule has 1 fully saturated rings. The summed E-state index contributed by atoms with van der Waals surface area (Å²) in [6.45, 7) is 4.98. The van der Waals surface area contributed by atoms with E-state index in [-0.39, 0.29) is 22.8 Å². The van der Waals surface area contributed by atoms with Crippen molar-refractivity contribution in [2.24, 2.45) is 0 Å². The summed E-state index contributed by atoms with van der Waals surface area (Å²) in [5.74, 6) is 0.0572. The number of pyridine rings is 1. The first-order valence-electron chi connectivity index (χ1n) is 6.26. The number of nitrogens with zero attached hydrogens (tertiary/aromatic N) is 3. The molecule has 0 amide bonds. The van der Waals surface area contributed by atoms with Crippen LogP contribution in [0, 0.1) is 0 Å². The molecule has 2 N–H and O–H groups in total. The van der Waals surface area contributed by atoms with Crippen LogP contribution in [0.5, 0.6) is 0 Å². The van der Waals surface area contributed by atoms with E-state index >= 15 is 0 Å². The SMILES string of the molecule is CC1CN(S(=O)(=O)c2cccnc2N)CC(C)N1C. The van der Waals surface area contributed by atoms with Crippen molar-refractivity contribution in [2.75, 3.05) is 25.9 Å². The van der Waals surface area contributed by atoms with E-state index in [2.05, 4.69) is 9.88 Å². The molecule has 1 aliphatic rings. The molecule has 2 heterocycles. The highest BCUT2D eigenvalue weighted by molar-refractivity contribution is 7.89. The van der Waals surface area contributed by atoms with Gasteiger partial charge in [-0.1, -0.05) is 0 Å². The topological polar surface area (TPSA) is 79.5 Å². The number of piperazine rings is 1. The number of nitrogen functional groups attached to an aromatic ring is 1. The average Bonchev–Trinajstić information content (AvgIpc) is 2.35. The third-order valence-corrected chi connectivity index (χ3v) is 5.62. The zero-order valence-corrected chi connectivity index (χ0v) is 12.3. The van der Waals surface area contributed by atoms with Gasteiger partial charge in [0.1, 0.15) is 10.7 Å². The molecule has 2 rings (SSSR count). The molecule has 0 aromatic carbocycles. The van der Waals surface area contributed by atoms with E-state index in [0.29, 0.717) is 13.1 Å². The van der Waals surface area contributed by atoms with E-state index in [9.17, 15) is 8.42 Å². The Labute approximate surface area is 114 Å². The molecule has 0 spiro atoms. The van der Waals surface area contributed by atoms with E-state index in [1.54, 1.807) is 6.07 Å². The second kappa shape index (κ2) is 5.07. The molecule has 1 aromatic rings. The predicted octanol–water partition coefficient (Wildman–Crippen LogP) is 0.377. The number of hydrogen-bond donors (Lipinski definition) is 1. The van der Waals surface area contributed by atoms with Gasteiger partial charge in [0.25, 0.3) is 0 Å². The van der Waals surface area contributed by atoms with Crippen LogP contribution < -0.4 is 5.73 Å². The Hall–Kier alpha value is -1.18. The fourth-order valence-electron chi connectivity index (χ4n) is 2.31. The van der Waals surface area contributed by atoms with E-state index in [1.165, 1.54) is 16.6 Å². The van der Waals surface area contributed by atoms with Gasteiger partial charge in [0.2, 0.25) is 10.0 Å². The van der Waals surface area contributed by atoms with Crippen molar-refractivity contribution in [3.8, 4) is 0 Å². The lowest BCUT2D eigenvalue weighted by Crippen LogP contribution is -2.56. The van der Waals surface area contributed by atoms with Crippen LogP contribution in [0.4, 0.5) is 5.82 Å². The van der Waals surface area contributed by atoms with Gasteiger partial charge < -0.3 is 5.73 Å². The molecular weight excluding hydrogens is 264 g/mol. The van der Waals surface area contributed by atoms with Crippen LogP contribution in [0.25, 0.3) is 0 Å². The Morgan fingerprint density at radius 2 is 1.89 bits per heavy atom. The lowest BCUT2D eigenvalue weighted by molar-refractivity contribution is 0.105. The van der Waals surface area contributed by atoms with Gasteiger partial charge >= 0.3 is 0 Å². The van der Waals surface area contributed by atoms with Gasteiger partial charge in [-0.05, 0) is 33.0 Å². The summed E-state index contributed by atoms with van der Waals surface area (Å²) in [7, 11) is -1.55. The highest BCUT2D eigenvalue weighted by Gasteiger charge is 2.35. The number of sulfonamides is 1. The van der Waals surface area contributed by atoms with Gasteiger partial charge in [-0.3, -0.25) is 4.90 Å². The molecule has 0 bridgehead atoms. The standard InChI is InChI=1S/C12H20N4O2S/c1-9-7-16(8-10(2)15(9)3)19(17,18)11-5-4-6-14-12(11)13/h4-6,9-10H,7-8H2,1-3H3,(H2,13,14). The van der Waals surface area contributed by atoms with Gasteiger partial charge in [0, 0.05) is 31.4 Å². The summed E-state index contributed by atoms with van der Waals surface area (Å²) in [5.41, 5.74) is 5.68. The molecule has 19 heavy (non-hydrogen) atoms. The summed E-state index contributed by atoms with van der Waals surface area (Å²) in [6.07, 6.45) is 1.49. The fraction of sp³-hybridized carbons (Fsp3) is 0.583. The van der Waals surface area contributed by atoms with Gasteiger partial charge in [-0.15, -0.1) is 0 Å². The van der Waals surface area contributed by atoms with E-state index < -0.39 is 10.0 Å². The van der Waals surface area contributed by atoms with Crippen LogP contribution in [0.1, 0.15) is 13.8 Å². The fourth-order valence-corrected chi connectivity index (χ4v) is 3.98. The Morgan fingerprint density at radius 1 is 1.32 bits per heavy atom. The number of anilines is 1. The monoisotopic (exact) mass is 284 g/mol. The van der Waals surface area contributed by atoms with Crippen molar-refractivity contribution in [1.82, 2.24) is 14.2 Å². The van der Waals surface area contributed by atoms with Crippen LogP contribution in [-0.4, -0.2) is 54.8 Å². The summed E-state index contributed by atoms with van der Waals surface area (Å²) >= 11 is 0. The Bertz CT molecular complexity index is 549. The van der Waals surface area contributed by atoms with Crippen LogP contribution >= 0.6 is 0 Å². The first-order chi connectivity index (χ1) is 8.84. The van der Waals surface area contributed by atoms with Crippen molar-refractivity contribution in [3.05, 3.63) is 18.3 Å². The number of rotatable bonds is 2. The third kappa shape index (κ3) is 2.58. The van der Waals surface area contributed by atoms with Crippen molar-refractivity contribution in [1.29, 1.82) is 0 Å². The highest BCUT2D eigenvalue weighted by atomic mass is 32.2. The lowest BCUT2D eigenvalue weighted by atomic mass is 10.1. The van der Waals surface area contributed by atoms with Crippen molar-refractivity contribution in [2.45, 2.75) is 30.8 Å². The van der Waals surface area contributed by atoms with Crippen LogP contribution in [0.15, 0.2) is 23.2 Å². The molecule has 106 valence electrons. The molecule has 0 saturated carbocycles. The van der Waals surface area contributed by atoms with E-state index in [1.807, 2.05) is 20.9 Å². The molecule has 1 saturated heterocycles. The van der Waals surface area contributed by atoms with Crippen molar-refractivity contribution >= 4 is 15.8 Å². The second-order valence-corrected chi connectivity index (χ2v) is 6.98. The highest BCUT2D eigenvalue weighted by Crippen LogP contribution is 2.24. The summed E-state index contributed by atoms with van der Waals surface area (Å²) in [4.78, 5) is 6.13. The second-order valence-electron chi connectivity index (χ2n) is 5.07. The van der Waals surface area contributed by atoms with Gasteiger partial charge in [0.05, 0.1) is 0 Å². The smallest absolute Gasteiger partial charge is 0.246 e. The van der Waals surface area contributed by atoms with Crippen molar-refractivity contribution in [3.63, 3.8) is 0 Å². The van der Waals surface area contributed by atoms with Gasteiger partial charge in [-0.25, -0.2) is 13.4 Å². The Kier molecular flexibility index (Phi) is 3.80. The first kappa shape index (κ1) is 14.2. The van der Waals surface area contributed by atoms with Crippen LogP contribution in [0.3, 0.4) is 0 Å². The predicted molar refractivity (Wildman–Crippen MR) is 74.1 cm³/mol. The average molecular weight is 284 g/mol.